The topological polar surface area (TPSA) is 103 Å². The van der Waals surface area contributed by atoms with Crippen molar-refractivity contribution in [2.45, 2.75) is 83.2 Å². The first-order valence-corrected chi connectivity index (χ1v) is 11.5. The Morgan fingerprint density at radius 3 is 2.77 bits per heavy atom. The third-order valence-electron chi connectivity index (χ3n) is 6.31. The number of aryl methyl sites for hydroxylation is 2. The van der Waals surface area contributed by atoms with Crippen molar-refractivity contribution in [3.8, 4) is 0 Å². The first-order valence-electron chi connectivity index (χ1n) is 11.5. The van der Waals surface area contributed by atoms with E-state index in [2.05, 4.69) is 28.1 Å². The summed E-state index contributed by atoms with van der Waals surface area (Å²) in [4.78, 5) is 28.6. The second-order valence-electron chi connectivity index (χ2n) is 8.74. The second-order valence-corrected chi connectivity index (χ2v) is 8.74. The average Bonchev–Trinajstić information content (AvgIpc) is 3.17. The van der Waals surface area contributed by atoms with Gasteiger partial charge in [-0.25, -0.2) is 9.78 Å². The van der Waals surface area contributed by atoms with Crippen LogP contribution in [0.1, 0.15) is 69.5 Å². The van der Waals surface area contributed by atoms with E-state index in [-0.39, 0.29) is 17.9 Å². The molecule has 0 spiro atoms. The number of rotatable bonds is 11. The number of fused-ring (bicyclic) bond motifs is 1. The Balaban J connectivity index is 1.30. The fraction of sp³-hybridized carbons (Fsp3) is 0.696. The summed E-state index contributed by atoms with van der Waals surface area (Å²) in [7, 11) is 0. The zero-order valence-corrected chi connectivity index (χ0v) is 18.1. The van der Waals surface area contributed by atoms with E-state index in [1.54, 1.807) is 0 Å². The van der Waals surface area contributed by atoms with Crippen LogP contribution in [0, 0.1) is 5.92 Å². The van der Waals surface area contributed by atoms with E-state index in [1.165, 1.54) is 12.0 Å². The fourth-order valence-corrected chi connectivity index (χ4v) is 4.40. The molecule has 0 bridgehead atoms. The molecule has 3 rings (SSSR count). The molecule has 0 aromatic carbocycles. The number of carbonyl (C=O) groups is 2. The maximum Gasteiger partial charge on any atom is 0.326 e. The van der Waals surface area contributed by atoms with Gasteiger partial charge >= 0.3 is 5.97 Å². The van der Waals surface area contributed by atoms with Crippen molar-refractivity contribution >= 4 is 17.7 Å². The molecule has 3 atom stereocenters. The summed E-state index contributed by atoms with van der Waals surface area (Å²) in [6.45, 7) is 3.85. The number of anilines is 1. The van der Waals surface area contributed by atoms with Gasteiger partial charge in [0.25, 0.3) is 0 Å². The standard InChI is InChI=1S/C23H36N4O3/c1-16-13-15-24-20(16)22(28)27-19(23(29)30)10-6-4-2-3-5-9-18-12-11-17-8-7-14-25-21(17)26-18/h11-12,16,19-20,24H,2-10,13-15H2,1H3,(H,25,26)(H,27,28)(H,29,30)/t16-,19-,20-/m0/s1. The zero-order valence-electron chi connectivity index (χ0n) is 18.1. The molecule has 0 radical (unpaired) electrons. The van der Waals surface area contributed by atoms with Crippen LogP contribution in [0.5, 0.6) is 0 Å². The highest BCUT2D eigenvalue weighted by molar-refractivity contribution is 5.87. The van der Waals surface area contributed by atoms with E-state index >= 15 is 0 Å². The first-order chi connectivity index (χ1) is 14.5. The normalized spacial score (nSPS) is 21.5. The summed E-state index contributed by atoms with van der Waals surface area (Å²) < 4.78 is 0. The van der Waals surface area contributed by atoms with Gasteiger partial charge in [-0.3, -0.25) is 4.79 Å². The van der Waals surface area contributed by atoms with Crippen molar-refractivity contribution in [3.63, 3.8) is 0 Å². The quantitative estimate of drug-likeness (QED) is 0.414. The van der Waals surface area contributed by atoms with Crippen LogP contribution >= 0.6 is 0 Å². The Kier molecular flexibility index (Phi) is 8.49. The minimum atomic E-state index is -0.943. The number of amides is 1. The summed E-state index contributed by atoms with van der Waals surface area (Å²) in [6.07, 6.45) is 9.78. The molecular weight excluding hydrogens is 380 g/mol. The summed E-state index contributed by atoms with van der Waals surface area (Å²) >= 11 is 0. The molecule has 1 fully saturated rings. The summed E-state index contributed by atoms with van der Waals surface area (Å²) in [5, 5.41) is 18.7. The molecule has 166 valence electrons. The van der Waals surface area contributed by atoms with Crippen LogP contribution < -0.4 is 16.0 Å². The van der Waals surface area contributed by atoms with Gasteiger partial charge in [0.2, 0.25) is 5.91 Å². The molecule has 1 aromatic heterocycles. The molecule has 1 saturated heterocycles. The van der Waals surface area contributed by atoms with E-state index in [4.69, 9.17) is 4.98 Å². The zero-order chi connectivity index (χ0) is 21.3. The van der Waals surface area contributed by atoms with Crippen LogP contribution in [0.25, 0.3) is 0 Å². The van der Waals surface area contributed by atoms with Crippen molar-refractivity contribution in [1.82, 2.24) is 15.6 Å². The van der Waals surface area contributed by atoms with Gasteiger partial charge < -0.3 is 21.1 Å². The number of aromatic nitrogens is 1. The van der Waals surface area contributed by atoms with E-state index in [0.717, 1.165) is 76.0 Å². The Morgan fingerprint density at radius 2 is 2.00 bits per heavy atom. The summed E-state index contributed by atoms with van der Waals surface area (Å²) in [5.74, 6) is 0.183. The Bertz CT molecular complexity index is 724. The smallest absolute Gasteiger partial charge is 0.326 e. The van der Waals surface area contributed by atoms with Gasteiger partial charge in [-0.1, -0.05) is 38.7 Å². The van der Waals surface area contributed by atoms with Crippen molar-refractivity contribution in [2.75, 3.05) is 18.4 Å². The lowest BCUT2D eigenvalue weighted by Crippen LogP contribution is -2.49. The number of nitrogens with one attached hydrogen (secondary N) is 3. The van der Waals surface area contributed by atoms with Gasteiger partial charge in [0.05, 0.1) is 6.04 Å². The molecule has 3 heterocycles. The molecule has 1 aromatic rings. The molecule has 0 aliphatic carbocycles. The molecule has 2 aliphatic heterocycles. The summed E-state index contributed by atoms with van der Waals surface area (Å²) in [6, 6.07) is 3.29. The monoisotopic (exact) mass is 416 g/mol. The van der Waals surface area contributed by atoms with Crippen molar-refractivity contribution in [3.05, 3.63) is 23.4 Å². The minimum absolute atomic E-state index is 0.181. The highest BCUT2D eigenvalue weighted by Crippen LogP contribution is 2.20. The Labute approximate surface area is 179 Å². The van der Waals surface area contributed by atoms with Crippen LogP contribution in [0.3, 0.4) is 0 Å². The number of nitrogens with zero attached hydrogens (tertiary/aromatic N) is 1. The number of carboxylic acids is 1. The lowest BCUT2D eigenvalue weighted by atomic mass is 10.0. The number of hydrogen-bond donors (Lipinski definition) is 4. The molecule has 7 nitrogen and oxygen atoms in total. The van der Waals surface area contributed by atoms with Gasteiger partial charge in [-0.05, 0) is 62.6 Å². The van der Waals surface area contributed by atoms with Gasteiger partial charge in [-0.15, -0.1) is 0 Å². The largest absolute Gasteiger partial charge is 0.480 e. The number of carboxylic acid groups (broad SMARTS) is 1. The second kappa shape index (κ2) is 11.3. The Morgan fingerprint density at radius 1 is 1.20 bits per heavy atom. The van der Waals surface area contributed by atoms with Crippen molar-refractivity contribution in [2.24, 2.45) is 5.92 Å². The molecule has 1 amide bonds. The van der Waals surface area contributed by atoms with Crippen LogP contribution in [0.4, 0.5) is 5.82 Å². The number of hydrogen-bond acceptors (Lipinski definition) is 5. The van der Waals surface area contributed by atoms with Crippen LogP contribution in [0.15, 0.2) is 12.1 Å². The first kappa shape index (κ1) is 22.5. The highest BCUT2D eigenvalue weighted by Gasteiger charge is 2.31. The van der Waals surface area contributed by atoms with Gasteiger partial charge in [0, 0.05) is 12.2 Å². The maximum atomic E-state index is 12.3. The Hall–Kier alpha value is -2.15. The number of aliphatic carboxylic acids is 1. The third-order valence-corrected chi connectivity index (χ3v) is 6.31. The van der Waals surface area contributed by atoms with Crippen LogP contribution in [-0.2, 0) is 22.4 Å². The number of carbonyl (C=O) groups excluding carboxylic acids is 1. The SMILES string of the molecule is C[C@H]1CCN[C@@H]1C(=O)N[C@@H](CCCCCCCc1ccc2c(n1)NCCC2)C(=O)O. The van der Waals surface area contributed by atoms with E-state index in [1.807, 2.05) is 6.92 Å². The third kappa shape index (κ3) is 6.42. The summed E-state index contributed by atoms with van der Waals surface area (Å²) in [5.41, 5.74) is 2.47. The molecule has 0 saturated carbocycles. The van der Waals surface area contributed by atoms with E-state index < -0.39 is 12.0 Å². The lowest BCUT2D eigenvalue weighted by molar-refractivity contribution is -0.142. The fourth-order valence-electron chi connectivity index (χ4n) is 4.40. The molecule has 7 heteroatoms. The molecule has 4 N–H and O–H groups in total. The van der Waals surface area contributed by atoms with Crippen LogP contribution in [-0.4, -0.2) is 47.1 Å². The molecule has 2 aliphatic rings. The number of unbranched alkanes of at least 4 members (excludes halogenated alkanes) is 4. The predicted molar refractivity (Wildman–Crippen MR) is 118 cm³/mol. The van der Waals surface area contributed by atoms with E-state index in [0.29, 0.717) is 6.42 Å². The average molecular weight is 417 g/mol. The maximum absolute atomic E-state index is 12.3. The minimum Gasteiger partial charge on any atom is -0.480 e. The van der Waals surface area contributed by atoms with Gasteiger partial charge in [-0.2, -0.15) is 0 Å². The van der Waals surface area contributed by atoms with E-state index in [9.17, 15) is 14.7 Å². The van der Waals surface area contributed by atoms with Crippen molar-refractivity contribution < 1.29 is 14.7 Å². The number of pyridine rings is 1. The van der Waals surface area contributed by atoms with Gasteiger partial charge in [0.1, 0.15) is 11.9 Å². The molecule has 0 unspecified atom stereocenters. The molecular formula is C23H36N4O3. The van der Waals surface area contributed by atoms with Crippen LogP contribution in [0.2, 0.25) is 0 Å². The van der Waals surface area contributed by atoms with Crippen molar-refractivity contribution in [1.29, 1.82) is 0 Å². The molecule has 30 heavy (non-hydrogen) atoms. The highest BCUT2D eigenvalue weighted by atomic mass is 16.4. The predicted octanol–water partition coefficient (Wildman–Crippen LogP) is 2.89. The van der Waals surface area contributed by atoms with Gasteiger partial charge in [0.15, 0.2) is 0 Å². The lowest BCUT2D eigenvalue weighted by Gasteiger charge is -2.20.